The van der Waals surface area contributed by atoms with Gasteiger partial charge in [-0.2, -0.15) is 0 Å². The molecule has 0 bridgehead atoms. The van der Waals surface area contributed by atoms with Crippen LogP contribution in [0.1, 0.15) is 24.8 Å². The Hall–Kier alpha value is -0.920. The van der Waals surface area contributed by atoms with Gasteiger partial charge in [0.15, 0.2) is 5.11 Å². The Bertz CT molecular complexity index is 554. The minimum absolute atomic E-state index is 0.260. The van der Waals surface area contributed by atoms with E-state index < -0.39 is 0 Å². The number of ether oxygens (including phenoxy) is 1. The Balaban J connectivity index is 2.40. The van der Waals surface area contributed by atoms with Gasteiger partial charge in [-0.3, -0.25) is 0 Å². The van der Waals surface area contributed by atoms with Crippen LogP contribution in [0.2, 0.25) is 0 Å². The number of allylic oxidation sites excluding steroid dienone is 1. The van der Waals surface area contributed by atoms with Gasteiger partial charge >= 0.3 is 5.97 Å². The van der Waals surface area contributed by atoms with Gasteiger partial charge in [-0.25, -0.2) is 4.79 Å². The summed E-state index contributed by atoms with van der Waals surface area (Å²) in [6, 6.07) is 1.71. The van der Waals surface area contributed by atoms with Crippen molar-refractivity contribution in [2.75, 3.05) is 6.61 Å². The van der Waals surface area contributed by atoms with Gasteiger partial charge in [-0.15, -0.1) is 11.3 Å². The summed E-state index contributed by atoms with van der Waals surface area (Å²) < 4.78 is 6.10. The zero-order valence-electron chi connectivity index (χ0n) is 10.5. The lowest BCUT2D eigenvalue weighted by molar-refractivity contribution is -0.139. The zero-order valence-corrected chi connectivity index (χ0v) is 13.7. The summed E-state index contributed by atoms with van der Waals surface area (Å²) in [7, 11) is 0. The second kappa shape index (κ2) is 6.02. The van der Waals surface area contributed by atoms with Crippen molar-refractivity contribution in [1.82, 2.24) is 10.6 Å². The second-order valence-electron chi connectivity index (χ2n) is 3.96. The molecule has 0 spiro atoms. The monoisotopic (exact) mass is 360 g/mol. The summed E-state index contributed by atoms with van der Waals surface area (Å²) in [6.45, 7) is 3.97. The molecule has 1 aliphatic rings. The molecule has 0 unspecified atom stereocenters. The van der Waals surface area contributed by atoms with Crippen molar-refractivity contribution >= 4 is 50.6 Å². The Kier molecular flexibility index (Phi) is 4.59. The molecule has 2 heterocycles. The molecule has 1 atom stereocenters. The van der Waals surface area contributed by atoms with E-state index in [-0.39, 0.29) is 12.0 Å². The third-order valence-electron chi connectivity index (χ3n) is 2.64. The van der Waals surface area contributed by atoms with E-state index in [9.17, 15) is 4.79 Å². The topological polar surface area (TPSA) is 50.4 Å². The first-order chi connectivity index (χ1) is 9.02. The minimum Gasteiger partial charge on any atom is -0.463 e. The van der Waals surface area contributed by atoms with Crippen molar-refractivity contribution < 1.29 is 9.53 Å². The minimum atomic E-state index is -0.322. The quantitative estimate of drug-likeness (QED) is 0.641. The number of thiophene rings is 1. The average molecular weight is 361 g/mol. The van der Waals surface area contributed by atoms with E-state index >= 15 is 0 Å². The number of nitrogens with one attached hydrogen (secondary N) is 2. The summed E-state index contributed by atoms with van der Waals surface area (Å²) in [5.74, 6) is -0.322. The highest BCUT2D eigenvalue weighted by atomic mass is 79.9. The summed E-state index contributed by atoms with van der Waals surface area (Å²) in [4.78, 5) is 13.1. The van der Waals surface area contributed by atoms with Gasteiger partial charge in [0, 0.05) is 20.4 Å². The molecule has 102 valence electrons. The Morgan fingerprint density at radius 1 is 1.63 bits per heavy atom. The maximum absolute atomic E-state index is 12.1. The number of rotatable bonds is 3. The van der Waals surface area contributed by atoms with Gasteiger partial charge in [0.25, 0.3) is 0 Å². The molecule has 0 fully saturated rings. The highest BCUT2D eigenvalue weighted by molar-refractivity contribution is 9.10. The number of esters is 1. The Morgan fingerprint density at radius 2 is 2.37 bits per heavy atom. The summed E-state index contributed by atoms with van der Waals surface area (Å²) in [5, 5.41) is 8.57. The summed E-state index contributed by atoms with van der Waals surface area (Å²) in [6.07, 6.45) is 0. The molecule has 2 rings (SSSR count). The van der Waals surface area contributed by atoms with E-state index in [1.54, 1.807) is 18.3 Å². The van der Waals surface area contributed by atoms with E-state index in [4.69, 9.17) is 17.0 Å². The van der Waals surface area contributed by atoms with Crippen LogP contribution >= 0.6 is 39.5 Å². The van der Waals surface area contributed by atoms with Crippen LogP contribution in [0.4, 0.5) is 0 Å². The van der Waals surface area contributed by atoms with Crippen molar-refractivity contribution in [2.24, 2.45) is 0 Å². The highest BCUT2D eigenvalue weighted by Crippen LogP contribution is 2.33. The lowest BCUT2D eigenvalue weighted by Crippen LogP contribution is -2.44. The van der Waals surface area contributed by atoms with Crippen LogP contribution in [-0.4, -0.2) is 17.7 Å². The number of carbonyl (C=O) groups is 1. The van der Waals surface area contributed by atoms with Crippen LogP contribution < -0.4 is 10.6 Å². The maximum atomic E-state index is 12.1. The van der Waals surface area contributed by atoms with E-state index in [0.29, 0.717) is 17.3 Å². The predicted molar refractivity (Wildman–Crippen MR) is 83.0 cm³/mol. The molecule has 2 N–H and O–H groups in total. The molecular formula is C12H13BrN2O2S2. The molecule has 19 heavy (non-hydrogen) atoms. The van der Waals surface area contributed by atoms with Gasteiger partial charge in [0.05, 0.1) is 18.2 Å². The molecule has 0 saturated heterocycles. The van der Waals surface area contributed by atoms with Gasteiger partial charge in [-0.05, 0) is 48.1 Å². The zero-order chi connectivity index (χ0) is 14.0. The van der Waals surface area contributed by atoms with Crippen LogP contribution in [0.25, 0.3) is 0 Å². The fourth-order valence-corrected chi connectivity index (χ4v) is 3.64. The SMILES string of the molecule is CCOC(=O)C1=C(C)NC(=S)N[C@@H]1c1cc(Br)cs1. The van der Waals surface area contributed by atoms with Crippen molar-refractivity contribution in [3.63, 3.8) is 0 Å². The van der Waals surface area contributed by atoms with Gasteiger partial charge in [0.2, 0.25) is 0 Å². The van der Waals surface area contributed by atoms with Crippen LogP contribution in [0.5, 0.6) is 0 Å². The lowest BCUT2D eigenvalue weighted by Gasteiger charge is -2.28. The molecule has 0 radical (unpaired) electrons. The van der Waals surface area contributed by atoms with Crippen molar-refractivity contribution in [3.05, 3.63) is 32.1 Å². The van der Waals surface area contributed by atoms with Gasteiger partial charge in [0.1, 0.15) is 0 Å². The van der Waals surface area contributed by atoms with E-state index in [1.165, 1.54) is 0 Å². The van der Waals surface area contributed by atoms with Crippen molar-refractivity contribution in [1.29, 1.82) is 0 Å². The smallest absolute Gasteiger partial charge is 0.338 e. The summed E-state index contributed by atoms with van der Waals surface area (Å²) in [5.41, 5.74) is 1.31. The molecule has 0 aromatic carbocycles. The number of thiocarbonyl (C=S) groups is 1. The molecule has 0 saturated carbocycles. The number of hydrogen-bond donors (Lipinski definition) is 2. The standard InChI is InChI=1S/C12H13BrN2O2S2/c1-3-17-11(16)9-6(2)14-12(18)15-10(9)8-4-7(13)5-19-8/h4-5,10H,3H2,1-2H3,(H2,14,15,18)/t10-/m1/s1. The molecular weight excluding hydrogens is 348 g/mol. The molecule has 4 nitrogen and oxygen atoms in total. The molecule has 1 aromatic rings. The normalized spacial score (nSPS) is 18.9. The molecule has 1 aromatic heterocycles. The van der Waals surface area contributed by atoms with Crippen molar-refractivity contribution in [3.8, 4) is 0 Å². The van der Waals surface area contributed by atoms with Gasteiger partial charge in [-0.1, -0.05) is 0 Å². The fraction of sp³-hybridized carbons (Fsp3) is 0.333. The van der Waals surface area contributed by atoms with Gasteiger partial charge < -0.3 is 15.4 Å². The third kappa shape index (κ3) is 3.16. The molecule has 1 aliphatic heterocycles. The van der Waals surface area contributed by atoms with Crippen LogP contribution in [-0.2, 0) is 9.53 Å². The molecule has 7 heteroatoms. The van der Waals surface area contributed by atoms with Crippen molar-refractivity contribution in [2.45, 2.75) is 19.9 Å². The second-order valence-corrected chi connectivity index (χ2v) is 6.22. The number of hydrogen-bond acceptors (Lipinski definition) is 4. The average Bonchev–Trinajstić information content (AvgIpc) is 2.75. The van der Waals surface area contributed by atoms with Crippen LogP contribution in [0.15, 0.2) is 27.2 Å². The van der Waals surface area contributed by atoms with E-state index in [1.807, 2.05) is 18.4 Å². The van der Waals surface area contributed by atoms with E-state index in [0.717, 1.165) is 15.0 Å². The van der Waals surface area contributed by atoms with E-state index in [2.05, 4.69) is 26.6 Å². The first kappa shape index (κ1) is 14.5. The third-order valence-corrected chi connectivity index (χ3v) is 4.62. The largest absolute Gasteiger partial charge is 0.463 e. The Morgan fingerprint density at radius 3 is 2.95 bits per heavy atom. The first-order valence-electron chi connectivity index (χ1n) is 5.72. The van der Waals surface area contributed by atoms with Crippen LogP contribution in [0, 0.1) is 0 Å². The fourth-order valence-electron chi connectivity index (χ4n) is 1.87. The molecule has 0 amide bonds. The number of halogens is 1. The lowest BCUT2D eigenvalue weighted by atomic mass is 10.0. The predicted octanol–water partition coefficient (Wildman–Crippen LogP) is 2.87. The molecule has 0 aliphatic carbocycles. The maximum Gasteiger partial charge on any atom is 0.338 e. The Labute approximate surface area is 129 Å². The summed E-state index contributed by atoms with van der Waals surface area (Å²) >= 11 is 10.1. The van der Waals surface area contributed by atoms with Crippen LogP contribution in [0.3, 0.4) is 0 Å². The highest BCUT2D eigenvalue weighted by Gasteiger charge is 2.31. The first-order valence-corrected chi connectivity index (χ1v) is 7.80. The number of carbonyl (C=O) groups excluding carboxylic acids is 1.